The summed E-state index contributed by atoms with van der Waals surface area (Å²) in [5.41, 5.74) is 0.745. The quantitative estimate of drug-likeness (QED) is 0.648. The van der Waals surface area contributed by atoms with Gasteiger partial charge in [0.2, 0.25) is 0 Å². The van der Waals surface area contributed by atoms with Crippen LogP contribution in [0.4, 0.5) is 0 Å². The highest BCUT2D eigenvalue weighted by atomic mass is 16.3. The summed E-state index contributed by atoms with van der Waals surface area (Å²) in [7, 11) is 0. The van der Waals surface area contributed by atoms with E-state index in [-0.39, 0.29) is 0 Å². The summed E-state index contributed by atoms with van der Waals surface area (Å²) in [6.45, 7) is 16.1. The first-order valence-corrected chi connectivity index (χ1v) is 7.46. The summed E-state index contributed by atoms with van der Waals surface area (Å²) < 4.78 is 0. The van der Waals surface area contributed by atoms with Gasteiger partial charge in [0.15, 0.2) is 0 Å². The lowest BCUT2D eigenvalue weighted by Crippen LogP contribution is -2.28. The minimum Gasteiger partial charge on any atom is -0.396 e. The topological polar surface area (TPSA) is 32.3 Å². The molecule has 110 valence electrons. The molecule has 0 fully saturated rings. The van der Waals surface area contributed by atoms with Crippen LogP contribution in [-0.4, -0.2) is 24.8 Å². The summed E-state index contributed by atoms with van der Waals surface area (Å²) >= 11 is 0. The fourth-order valence-corrected chi connectivity index (χ4v) is 2.38. The molecule has 0 aliphatic rings. The summed E-state index contributed by atoms with van der Waals surface area (Å²) in [4.78, 5) is 0. The lowest BCUT2D eigenvalue weighted by molar-refractivity contribution is 0.207. The van der Waals surface area contributed by atoms with Gasteiger partial charge in [0.25, 0.3) is 0 Å². The van der Waals surface area contributed by atoms with Gasteiger partial charge in [-0.2, -0.15) is 0 Å². The highest BCUT2D eigenvalue weighted by Gasteiger charge is 2.18. The molecule has 2 nitrogen and oxygen atoms in total. The first kappa shape index (κ1) is 17.9. The van der Waals surface area contributed by atoms with Crippen molar-refractivity contribution < 1.29 is 5.11 Å². The van der Waals surface area contributed by atoms with Crippen molar-refractivity contribution in [1.82, 2.24) is 5.32 Å². The molecule has 0 aliphatic carbocycles. The molecule has 0 unspecified atom stereocenters. The van der Waals surface area contributed by atoms with Crippen molar-refractivity contribution in [3.05, 3.63) is 0 Å². The van der Waals surface area contributed by atoms with Gasteiger partial charge in [0.05, 0.1) is 0 Å². The first-order valence-electron chi connectivity index (χ1n) is 7.46. The van der Waals surface area contributed by atoms with E-state index >= 15 is 0 Å². The molecule has 0 aromatic rings. The van der Waals surface area contributed by atoms with Crippen LogP contribution >= 0.6 is 0 Å². The normalized spacial score (nSPS) is 14.8. The molecule has 0 aromatic heterocycles. The fourth-order valence-electron chi connectivity index (χ4n) is 2.38. The van der Waals surface area contributed by atoms with Gasteiger partial charge in [-0.05, 0) is 55.5 Å². The van der Waals surface area contributed by atoms with Crippen LogP contribution in [0.1, 0.15) is 67.2 Å². The molecule has 0 amide bonds. The first-order chi connectivity index (χ1) is 8.14. The molecule has 18 heavy (non-hydrogen) atoms. The molecule has 2 heteroatoms. The van der Waals surface area contributed by atoms with E-state index in [2.05, 4.69) is 46.9 Å². The van der Waals surface area contributed by atoms with Crippen LogP contribution in [0.5, 0.6) is 0 Å². The second kappa shape index (κ2) is 8.16. The lowest BCUT2D eigenvalue weighted by Gasteiger charge is -2.26. The zero-order valence-corrected chi connectivity index (χ0v) is 13.5. The largest absolute Gasteiger partial charge is 0.396 e. The number of nitrogens with one attached hydrogen (secondary N) is 1. The molecule has 2 N–H and O–H groups in total. The smallest absolute Gasteiger partial charge is 0.0433 e. The van der Waals surface area contributed by atoms with Gasteiger partial charge in [0, 0.05) is 6.61 Å². The third-order valence-electron chi connectivity index (χ3n) is 3.06. The second-order valence-corrected chi connectivity index (χ2v) is 8.02. The van der Waals surface area contributed by atoms with E-state index in [1.807, 2.05) is 0 Å². The molecule has 0 spiro atoms. The molecule has 0 saturated heterocycles. The van der Waals surface area contributed by atoms with E-state index in [1.54, 1.807) is 0 Å². The Morgan fingerprint density at radius 1 is 0.944 bits per heavy atom. The highest BCUT2D eigenvalue weighted by molar-refractivity contribution is 4.70. The van der Waals surface area contributed by atoms with Crippen LogP contribution in [-0.2, 0) is 0 Å². The molecule has 0 aliphatic heterocycles. The Hall–Kier alpha value is -0.0800. The third-order valence-corrected chi connectivity index (χ3v) is 3.06. The minimum atomic E-state index is 0.330. The maximum atomic E-state index is 9.13. The van der Waals surface area contributed by atoms with Crippen LogP contribution in [0.2, 0.25) is 0 Å². The van der Waals surface area contributed by atoms with Gasteiger partial charge in [0.1, 0.15) is 0 Å². The molecule has 0 bridgehead atoms. The Kier molecular flexibility index (Phi) is 8.13. The average molecular weight is 257 g/mol. The van der Waals surface area contributed by atoms with E-state index in [0.29, 0.717) is 23.4 Å². The standard InChI is InChI=1S/C16H35NO/c1-15(2,3)12-14(9-11-18)8-7-10-17-13-16(4,5)6/h14,17-18H,7-13H2,1-6H3/t14-/m1/s1. The van der Waals surface area contributed by atoms with Gasteiger partial charge in [-0.1, -0.05) is 41.5 Å². The van der Waals surface area contributed by atoms with E-state index in [1.165, 1.54) is 19.3 Å². The maximum Gasteiger partial charge on any atom is 0.0433 e. The molecule has 0 radical (unpaired) electrons. The molecular weight excluding hydrogens is 222 g/mol. The van der Waals surface area contributed by atoms with Crippen molar-refractivity contribution in [2.24, 2.45) is 16.7 Å². The summed E-state index contributed by atoms with van der Waals surface area (Å²) in [6, 6.07) is 0. The van der Waals surface area contributed by atoms with Crippen molar-refractivity contribution >= 4 is 0 Å². The van der Waals surface area contributed by atoms with Crippen LogP contribution in [0.25, 0.3) is 0 Å². The predicted molar refractivity (Wildman–Crippen MR) is 80.8 cm³/mol. The Morgan fingerprint density at radius 2 is 1.56 bits per heavy atom. The Bertz CT molecular complexity index is 200. The van der Waals surface area contributed by atoms with Crippen LogP contribution in [0.3, 0.4) is 0 Å². The maximum absolute atomic E-state index is 9.13. The van der Waals surface area contributed by atoms with Crippen LogP contribution < -0.4 is 5.32 Å². The van der Waals surface area contributed by atoms with Crippen molar-refractivity contribution in [2.45, 2.75) is 67.2 Å². The van der Waals surface area contributed by atoms with E-state index in [9.17, 15) is 0 Å². The minimum absolute atomic E-state index is 0.330. The number of rotatable bonds is 8. The highest BCUT2D eigenvalue weighted by Crippen LogP contribution is 2.28. The van der Waals surface area contributed by atoms with Crippen molar-refractivity contribution in [1.29, 1.82) is 0 Å². The van der Waals surface area contributed by atoms with Gasteiger partial charge in [-0.25, -0.2) is 0 Å². The Balaban J connectivity index is 3.77. The molecule has 0 heterocycles. The summed E-state index contributed by atoms with van der Waals surface area (Å²) in [5.74, 6) is 0.673. The zero-order chi connectivity index (χ0) is 14.2. The molecular formula is C16H35NO. The van der Waals surface area contributed by atoms with E-state index in [4.69, 9.17) is 5.11 Å². The van der Waals surface area contributed by atoms with E-state index < -0.39 is 0 Å². The molecule has 0 aromatic carbocycles. The van der Waals surface area contributed by atoms with Crippen molar-refractivity contribution in [3.63, 3.8) is 0 Å². The van der Waals surface area contributed by atoms with Gasteiger partial charge in [-0.3, -0.25) is 0 Å². The van der Waals surface area contributed by atoms with E-state index in [0.717, 1.165) is 19.5 Å². The van der Waals surface area contributed by atoms with Crippen molar-refractivity contribution in [2.75, 3.05) is 19.7 Å². The van der Waals surface area contributed by atoms with Gasteiger partial charge in [-0.15, -0.1) is 0 Å². The predicted octanol–water partition coefficient (Wildman–Crippen LogP) is 3.84. The van der Waals surface area contributed by atoms with Gasteiger partial charge >= 0.3 is 0 Å². The number of aliphatic hydroxyl groups is 1. The van der Waals surface area contributed by atoms with Crippen molar-refractivity contribution in [3.8, 4) is 0 Å². The van der Waals surface area contributed by atoms with Crippen LogP contribution in [0, 0.1) is 16.7 Å². The SMILES string of the molecule is CC(C)(C)CNCCC[C@H](CCO)CC(C)(C)C. The zero-order valence-electron chi connectivity index (χ0n) is 13.5. The second-order valence-electron chi connectivity index (χ2n) is 8.02. The monoisotopic (exact) mass is 257 g/mol. The summed E-state index contributed by atoms with van der Waals surface area (Å²) in [5, 5.41) is 12.7. The number of aliphatic hydroxyl groups excluding tert-OH is 1. The fraction of sp³-hybridized carbons (Fsp3) is 1.00. The number of hydrogen-bond donors (Lipinski definition) is 2. The Labute approximate surface area is 115 Å². The lowest BCUT2D eigenvalue weighted by atomic mass is 9.81. The summed E-state index contributed by atoms with van der Waals surface area (Å²) in [6.07, 6.45) is 4.62. The number of hydrogen-bond acceptors (Lipinski definition) is 2. The molecule has 0 rings (SSSR count). The molecule has 0 saturated carbocycles. The third kappa shape index (κ3) is 12.4. The molecule has 1 atom stereocenters. The van der Waals surface area contributed by atoms with Gasteiger partial charge < -0.3 is 10.4 Å². The Morgan fingerprint density at radius 3 is 2.00 bits per heavy atom. The van der Waals surface area contributed by atoms with Crippen LogP contribution in [0.15, 0.2) is 0 Å². The average Bonchev–Trinajstić information content (AvgIpc) is 2.13.